The maximum absolute atomic E-state index is 6.59. The molecule has 0 radical (unpaired) electrons. The van der Waals surface area contributed by atoms with Crippen molar-refractivity contribution in [1.82, 2.24) is 0 Å². The molecule has 0 saturated heterocycles. The molecule has 6 aromatic carbocycles. The Labute approximate surface area is 403 Å². The van der Waals surface area contributed by atoms with E-state index in [0.29, 0.717) is 13.2 Å². The fourth-order valence-corrected chi connectivity index (χ4v) is 20.6. The Morgan fingerprint density at radius 1 is 0.354 bits per heavy atom. The van der Waals surface area contributed by atoms with Crippen LogP contribution in [0, 0.1) is 0 Å². The summed E-state index contributed by atoms with van der Waals surface area (Å²) in [6, 6.07) is 67.3. The topological polar surface area (TPSA) is 18.5 Å². The average Bonchev–Trinajstić information content (AvgIpc) is 3.73. The minimum atomic E-state index is -2.46. The van der Waals surface area contributed by atoms with Crippen LogP contribution in [-0.2, 0) is 9.47 Å². The molecule has 65 heavy (non-hydrogen) atoms. The fraction of sp³-hybridized carbons (Fsp3) is 0.267. The van der Waals surface area contributed by atoms with Crippen molar-refractivity contribution < 1.29 is 9.47 Å². The van der Waals surface area contributed by atoms with Crippen molar-refractivity contribution in [2.45, 2.75) is 91.9 Å². The van der Waals surface area contributed by atoms with Crippen LogP contribution in [0.3, 0.4) is 0 Å². The number of hydrogen-bond donors (Lipinski definition) is 0. The van der Waals surface area contributed by atoms with E-state index in [1.54, 1.807) is 10.6 Å². The van der Waals surface area contributed by atoms with Crippen LogP contribution < -0.4 is 31.8 Å². The van der Waals surface area contributed by atoms with Gasteiger partial charge in [0.05, 0.1) is 0 Å². The van der Waals surface area contributed by atoms with E-state index in [-0.39, 0.29) is 17.0 Å². The summed E-state index contributed by atoms with van der Waals surface area (Å²) in [6.45, 7) is 9.88. The summed E-state index contributed by atoms with van der Waals surface area (Å²) in [7, 11) is -4.92. The third-order valence-electron chi connectivity index (χ3n) is 13.0. The molecular formula is C60H71BrO2P2. The van der Waals surface area contributed by atoms with Crippen LogP contribution in [0.2, 0.25) is 0 Å². The minimum absolute atomic E-state index is 0. The van der Waals surface area contributed by atoms with Crippen molar-refractivity contribution in [1.29, 1.82) is 0 Å². The first-order valence-electron chi connectivity index (χ1n) is 23.8. The van der Waals surface area contributed by atoms with Crippen LogP contribution in [0.4, 0.5) is 0 Å². The Morgan fingerprint density at radius 2 is 0.585 bits per heavy atom. The molecule has 0 unspecified atom stereocenters. The third kappa shape index (κ3) is 12.0. The first-order chi connectivity index (χ1) is 31.5. The van der Waals surface area contributed by atoms with Gasteiger partial charge in [-0.2, -0.15) is 0 Å². The number of hydrogen-bond acceptors (Lipinski definition) is 2. The zero-order valence-electron chi connectivity index (χ0n) is 39.2. The summed E-state index contributed by atoms with van der Waals surface area (Å²) in [5.41, 5.74) is 2.61. The fourth-order valence-electron chi connectivity index (χ4n) is 10.0. The number of allylic oxidation sites excluding steroid dienone is 6. The monoisotopic (exact) mass is 964 g/mol. The molecule has 0 atom stereocenters. The first kappa shape index (κ1) is 49.6. The zero-order valence-corrected chi connectivity index (χ0v) is 42.9. The zero-order chi connectivity index (χ0) is 44.5. The van der Waals surface area contributed by atoms with Crippen LogP contribution in [0.15, 0.2) is 227 Å². The van der Waals surface area contributed by atoms with Gasteiger partial charge in [0.15, 0.2) is 0 Å². The standard InChI is InChI=1S/2C30H35OP.BrH/c2*1-25(2)23-24-31-29-21-13-6-14-22-30(29)32(26-15-7-3-8-16-26,27-17-9-4-10-18-27)28-19-11-5-12-20-28;/h2*3-5,7-12,15-20,23,32H,6,13-14,21-22,24H2,1-2H3;1H. The molecule has 2 nitrogen and oxygen atoms in total. The van der Waals surface area contributed by atoms with E-state index in [4.69, 9.17) is 9.47 Å². The van der Waals surface area contributed by atoms with Crippen molar-refractivity contribution in [3.8, 4) is 0 Å². The van der Waals surface area contributed by atoms with E-state index in [9.17, 15) is 0 Å². The van der Waals surface area contributed by atoms with E-state index in [0.717, 1.165) is 25.7 Å². The van der Waals surface area contributed by atoms with Crippen LogP contribution in [0.5, 0.6) is 0 Å². The van der Waals surface area contributed by atoms with E-state index >= 15 is 0 Å². The number of benzene rings is 6. The molecule has 8 rings (SSSR count). The summed E-state index contributed by atoms with van der Waals surface area (Å²) >= 11 is 0. The van der Waals surface area contributed by atoms with Crippen molar-refractivity contribution in [2.24, 2.45) is 0 Å². The van der Waals surface area contributed by atoms with Gasteiger partial charge in [-0.3, -0.25) is 0 Å². The summed E-state index contributed by atoms with van der Waals surface area (Å²) in [4.78, 5) is 0. The molecule has 0 spiro atoms. The molecule has 0 fully saturated rings. The average molecular weight is 966 g/mol. The summed E-state index contributed by atoms with van der Waals surface area (Å²) in [6.07, 6.45) is 16.1. The van der Waals surface area contributed by atoms with Gasteiger partial charge in [-0.1, -0.05) is 0 Å². The van der Waals surface area contributed by atoms with Gasteiger partial charge in [-0.25, -0.2) is 0 Å². The van der Waals surface area contributed by atoms with Gasteiger partial charge in [0.1, 0.15) is 0 Å². The second kappa shape index (κ2) is 25.2. The molecular weight excluding hydrogens is 895 g/mol. The molecule has 0 aliphatic heterocycles. The summed E-state index contributed by atoms with van der Waals surface area (Å²) < 4.78 is 13.2. The van der Waals surface area contributed by atoms with Gasteiger partial charge in [0.2, 0.25) is 0 Å². The summed E-state index contributed by atoms with van der Waals surface area (Å²) in [5, 5.41) is 11.8. The SMILES string of the molecule is Br.CC(C)=CCOC1=C([PH](c2ccccc2)(c2ccccc2)c2ccccc2)CCCCC1.CC(C)=CCOC1=C([PH](c2ccccc2)(c2ccccc2)c2ccccc2)CCCCC1. The van der Waals surface area contributed by atoms with Crippen molar-refractivity contribution in [3.63, 3.8) is 0 Å². The van der Waals surface area contributed by atoms with Gasteiger partial charge in [-0.15, -0.1) is 17.0 Å². The number of rotatable bonds is 14. The number of ether oxygens (including phenoxy) is 2. The van der Waals surface area contributed by atoms with Gasteiger partial charge >= 0.3 is 388 Å². The predicted molar refractivity (Wildman–Crippen MR) is 294 cm³/mol. The van der Waals surface area contributed by atoms with Gasteiger partial charge in [-0.05, 0) is 0 Å². The van der Waals surface area contributed by atoms with Crippen LogP contribution in [-0.4, -0.2) is 13.2 Å². The van der Waals surface area contributed by atoms with Gasteiger partial charge < -0.3 is 0 Å². The maximum atomic E-state index is 6.59. The molecule has 0 bridgehead atoms. The molecule has 5 heteroatoms. The van der Waals surface area contributed by atoms with Crippen molar-refractivity contribution >= 4 is 63.3 Å². The second-order valence-corrected chi connectivity index (χ2v) is 25.5. The Hall–Kier alpha value is -4.78. The van der Waals surface area contributed by atoms with Crippen molar-refractivity contribution in [3.05, 3.63) is 227 Å². The molecule has 0 amide bonds. The van der Waals surface area contributed by atoms with Crippen LogP contribution in [0.25, 0.3) is 0 Å². The van der Waals surface area contributed by atoms with E-state index < -0.39 is 14.5 Å². The molecule has 0 heterocycles. The molecule has 0 saturated carbocycles. The van der Waals surface area contributed by atoms with Gasteiger partial charge in [0.25, 0.3) is 0 Å². The van der Waals surface area contributed by atoms with Crippen LogP contribution in [0.1, 0.15) is 91.9 Å². The van der Waals surface area contributed by atoms with E-state index in [1.165, 1.54) is 93.0 Å². The van der Waals surface area contributed by atoms with Gasteiger partial charge in [0, 0.05) is 0 Å². The molecule has 0 aromatic heterocycles. The van der Waals surface area contributed by atoms with Crippen molar-refractivity contribution in [2.75, 3.05) is 13.2 Å². The second-order valence-electron chi connectivity index (χ2n) is 17.8. The summed E-state index contributed by atoms with van der Waals surface area (Å²) in [5.74, 6) is 2.48. The Balaban J connectivity index is 0.000000212. The Kier molecular flexibility index (Phi) is 19.3. The Morgan fingerprint density at radius 3 is 0.815 bits per heavy atom. The van der Waals surface area contributed by atoms with E-state index in [2.05, 4.69) is 222 Å². The molecule has 340 valence electrons. The molecule has 0 N–H and O–H groups in total. The predicted octanol–water partition coefficient (Wildman–Crippen LogP) is 14.3. The molecule has 2 aliphatic rings. The quantitative estimate of drug-likeness (QED) is 0.0800. The molecule has 6 aromatic rings. The first-order valence-corrected chi connectivity index (χ1v) is 27.8. The molecule has 2 aliphatic carbocycles. The third-order valence-corrected chi connectivity index (χ3v) is 23.0. The number of halogens is 1. The van der Waals surface area contributed by atoms with E-state index in [1.807, 2.05) is 0 Å². The normalized spacial score (nSPS) is 14.8. The Bertz CT molecular complexity index is 2090. The van der Waals surface area contributed by atoms with Crippen LogP contribution >= 0.6 is 31.5 Å².